The molecule has 0 bridgehead atoms. The molecule has 0 aromatic heterocycles. The van der Waals surface area contributed by atoms with E-state index in [1.54, 1.807) is 6.07 Å². The van der Waals surface area contributed by atoms with Crippen LogP contribution in [-0.2, 0) is 4.74 Å². The minimum absolute atomic E-state index is 0.368. The van der Waals surface area contributed by atoms with Crippen LogP contribution in [0.4, 0.5) is 0 Å². The van der Waals surface area contributed by atoms with Gasteiger partial charge in [0.15, 0.2) is 0 Å². The van der Waals surface area contributed by atoms with Crippen LogP contribution in [0.1, 0.15) is 18.4 Å². The molecule has 1 aromatic rings. The van der Waals surface area contributed by atoms with Crippen LogP contribution >= 0.6 is 0 Å². The monoisotopic (exact) mass is 180 g/mol. The average Bonchev–Trinajstić information content (AvgIpc) is 2.68. The van der Waals surface area contributed by atoms with Gasteiger partial charge in [-0.05, 0) is 31.4 Å². The fraction of sp³-hybridized carbons (Fsp3) is 0.455. The highest BCUT2D eigenvalue weighted by molar-refractivity contribution is 5.29. The zero-order valence-electron chi connectivity index (χ0n) is 7.99. The van der Waals surface area contributed by atoms with Crippen molar-refractivity contribution in [3.05, 3.63) is 29.8 Å². The fourth-order valence-corrected chi connectivity index (χ4v) is 1.07. The molecule has 1 saturated heterocycles. The second-order valence-electron chi connectivity index (χ2n) is 3.11. The van der Waals surface area contributed by atoms with Crippen LogP contribution in [0.25, 0.3) is 0 Å². The molecule has 0 atom stereocenters. The van der Waals surface area contributed by atoms with Crippen LogP contribution in [0.15, 0.2) is 24.3 Å². The number of benzene rings is 1. The summed E-state index contributed by atoms with van der Waals surface area (Å²) < 4.78 is 4.94. The van der Waals surface area contributed by atoms with Gasteiger partial charge in [0.1, 0.15) is 5.75 Å². The molecule has 2 heteroatoms. The molecule has 72 valence electrons. The van der Waals surface area contributed by atoms with Crippen molar-refractivity contribution in [2.45, 2.75) is 19.8 Å². The predicted octanol–water partition coefficient (Wildman–Crippen LogP) is 2.50. The highest BCUT2D eigenvalue weighted by Gasteiger charge is 1.94. The minimum atomic E-state index is 0.368. The summed E-state index contributed by atoms with van der Waals surface area (Å²) in [6.45, 7) is 3.87. The second kappa shape index (κ2) is 5.60. The minimum Gasteiger partial charge on any atom is -0.508 e. The lowest BCUT2D eigenvalue weighted by Crippen LogP contribution is -1.74. The molecule has 1 aromatic carbocycles. The first-order valence-corrected chi connectivity index (χ1v) is 4.63. The van der Waals surface area contributed by atoms with Crippen LogP contribution in [0.2, 0.25) is 0 Å². The van der Waals surface area contributed by atoms with Crippen molar-refractivity contribution >= 4 is 0 Å². The Morgan fingerprint density at radius 1 is 1.15 bits per heavy atom. The van der Waals surface area contributed by atoms with E-state index in [4.69, 9.17) is 9.84 Å². The molecule has 0 unspecified atom stereocenters. The van der Waals surface area contributed by atoms with Crippen LogP contribution in [-0.4, -0.2) is 18.3 Å². The normalized spacial score (nSPS) is 14.8. The van der Waals surface area contributed by atoms with Gasteiger partial charge in [0.05, 0.1) is 0 Å². The average molecular weight is 180 g/mol. The topological polar surface area (TPSA) is 29.5 Å². The largest absolute Gasteiger partial charge is 0.508 e. The highest BCUT2D eigenvalue weighted by Crippen LogP contribution is 2.12. The van der Waals surface area contributed by atoms with E-state index < -0.39 is 0 Å². The van der Waals surface area contributed by atoms with Gasteiger partial charge in [-0.25, -0.2) is 0 Å². The third-order valence-corrected chi connectivity index (χ3v) is 1.94. The number of phenols is 1. The predicted molar refractivity (Wildman–Crippen MR) is 52.9 cm³/mol. The highest BCUT2D eigenvalue weighted by atomic mass is 16.5. The summed E-state index contributed by atoms with van der Waals surface area (Å²) in [6.07, 6.45) is 2.56. The number of hydrogen-bond acceptors (Lipinski definition) is 2. The van der Waals surface area contributed by atoms with E-state index in [0.717, 1.165) is 18.8 Å². The first kappa shape index (κ1) is 10.1. The molecule has 13 heavy (non-hydrogen) atoms. The van der Waals surface area contributed by atoms with Crippen molar-refractivity contribution in [2.24, 2.45) is 0 Å². The van der Waals surface area contributed by atoms with Crippen molar-refractivity contribution < 1.29 is 9.84 Å². The molecule has 0 aliphatic carbocycles. The summed E-state index contributed by atoms with van der Waals surface area (Å²) in [5, 5.41) is 8.92. The van der Waals surface area contributed by atoms with Gasteiger partial charge in [0.2, 0.25) is 0 Å². The molecule has 2 rings (SSSR count). The first-order chi connectivity index (χ1) is 6.30. The first-order valence-electron chi connectivity index (χ1n) is 4.63. The van der Waals surface area contributed by atoms with Gasteiger partial charge in [-0.2, -0.15) is 0 Å². The van der Waals surface area contributed by atoms with Gasteiger partial charge in [-0.3, -0.25) is 0 Å². The Kier molecular flexibility index (Phi) is 4.33. The zero-order valence-corrected chi connectivity index (χ0v) is 7.99. The van der Waals surface area contributed by atoms with Gasteiger partial charge >= 0.3 is 0 Å². The van der Waals surface area contributed by atoms with Gasteiger partial charge in [-0.1, -0.05) is 18.2 Å². The second-order valence-corrected chi connectivity index (χ2v) is 3.11. The van der Waals surface area contributed by atoms with Gasteiger partial charge in [0.25, 0.3) is 0 Å². The molecule has 0 radical (unpaired) electrons. The quantitative estimate of drug-likeness (QED) is 0.664. The smallest absolute Gasteiger partial charge is 0.118 e. The van der Waals surface area contributed by atoms with Crippen molar-refractivity contribution in [3.8, 4) is 5.75 Å². The molecule has 1 heterocycles. The number of ether oxygens (including phenoxy) is 1. The molecule has 1 aliphatic heterocycles. The summed E-state index contributed by atoms with van der Waals surface area (Å²) in [5.41, 5.74) is 0.924. The number of para-hydroxylation sites is 1. The SMILES string of the molecule is C1CCOC1.Cc1ccccc1O. The Morgan fingerprint density at radius 3 is 2.08 bits per heavy atom. The molecule has 1 aliphatic rings. The lowest BCUT2D eigenvalue weighted by atomic mass is 10.2. The summed E-state index contributed by atoms with van der Waals surface area (Å²) in [7, 11) is 0. The maximum Gasteiger partial charge on any atom is 0.118 e. The Bertz CT molecular complexity index is 213. The number of hydrogen-bond donors (Lipinski definition) is 1. The molecule has 2 nitrogen and oxygen atoms in total. The lowest BCUT2D eigenvalue weighted by Gasteiger charge is -1.92. The molecular weight excluding hydrogens is 164 g/mol. The van der Waals surface area contributed by atoms with Gasteiger partial charge in [-0.15, -0.1) is 0 Å². The van der Waals surface area contributed by atoms with Crippen LogP contribution in [0, 0.1) is 6.92 Å². The Balaban J connectivity index is 0.000000145. The van der Waals surface area contributed by atoms with Crippen molar-refractivity contribution in [1.82, 2.24) is 0 Å². The number of phenolic OH excluding ortho intramolecular Hbond substituents is 1. The summed E-state index contributed by atoms with van der Waals surface area (Å²) in [5.74, 6) is 0.368. The van der Waals surface area contributed by atoms with Crippen LogP contribution in [0.3, 0.4) is 0 Å². The molecule has 0 amide bonds. The standard InChI is InChI=1S/C7H8O.C4H8O/c1-6-4-2-3-5-7(6)8;1-2-4-5-3-1/h2-5,8H,1H3;1-4H2. The zero-order chi connectivity index (χ0) is 9.52. The van der Waals surface area contributed by atoms with E-state index in [9.17, 15) is 0 Å². The van der Waals surface area contributed by atoms with E-state index in [1.807, 2.05) is 25.1 Å². The number of aromatic hydroxyl groups is 1. The lowest BCUT2D eigenvalue weighted by molar-refractivity contribution is 0.198. The van der Waals surface area contributed by atoms with E-state index in [-0.39, 0.29) is 0 Å². The Morgan fingerprint density at radius 2 is 1.77 bits per heavy atom. The van der Waals surface area contributed by atoms with E-state index in [1.165, 1.54) is 12.8 Å². The van der Waals surface area contributed by atoms with E-state index >= 15 is 0 Å². The maximum atomic E-state index is 8.92. The summed E-state index contributed by atoms with van der Waals surface area (Å²) >= 11 is 0. The molecule has 0 saturated carbocycles. The summed E-state index contributed by atoms with van der Waals surface area (Å²) in [4.78, 5) is 0. The third kappa shape index (κ3) is 3.95. The van der Waals surface area contributed by atoms with Gasteiger partial charge in [0, 0.05) is 13.2 Å². The van der Waals surface area contributed by atoms with Crippen LogP contribution < -0.4 is 0 Å². The van der Waals surface area contributed by atoms with Crippen molar-refractivity contribution in [3.63, 3.8) is 0 Å². The maximum absolute atomic E-state index is 8.92. The van der Waals surface area contributed by atoms with Crippen LogP contribution in [0.5, 0.6) is 5.75 Å². The molecular formula is C11H16O2. The van der Waals surface area contributed by atoms with E-state index in [0.29, 0.717) is 5.75 Å². The Hall–Kier alpha value is -1.02. The third-order valence-electron chi connectivity index (χ3n) is 1.94. The van der Waals surface area contributed by atoms with Crippen molar-refractivity contribution in [2.75, 3.05) is 13.2 Å². The molecule has 1 N–H and O–H groups in total. The Labute approximate surface area is 79.2 Å². The number of rotatable bonds is 0. The summed E-state index contributed by atoms with van der Waals surface area (Å²) in [6, 6.07) is 7.25. The number of aryl methyl sites for hydroxylation is 1. The van der Waals surface area contributed by atoms with Gasteiger partial charge < -0.3 is 9.84 Å². The molecule has 0 spiro atoms. The van der Waals surface area contributed by atoms with Crippen molar-refractivity contribution in [1.29, 1.82) is 0 Å². The molecule has 1 fully saturated rings. The fourth-order valence-electron chi connectivity index (χ4n) is 1.07. The van der Waals surface area contributed by atoms with E-state index in [2.05, 4.69) is 0 Å².